The molecule has 0 aliphatic heterocycles. The lowest BCUT2D eigenvalue weighted by Crippen LogP contribution is -2.69. The Morgan fingerprint density at radius 2 is 1.51 bits per heavy atom. The maximum Gasteiger partial charge on any atom is 0.184 e. The largest absolute Gasteiger partial charge is 0.506 e. The van der Waals surface area contributed by atoms with Gasteiger partial charge >= 0.3 is 0 Å². The molecule has 2 aliphatic carbocycles. The molecule has 0 spiro atoms. The summed E-state index contributed by atoms with van der Waals surface area (Å²) >= 11 is 0. The second-order valence-corrected chi connectivity index (χ2v) is 13.6. The highest BCUT2D eigenvalue weighted by Crippen LogP contribution is 2.66. The summed E-state index contributed by atoms with van der Waals surface area (Å²) in [5.41, 5.74) is 0.486. The number of hydrogen-bond acceptors (Lipinski definition) is 4. The third-order valence-corrected chi connectivity index (χ3v) is 9.46. The predicted molar refractivity (Wildman–Crippen MR) is 168 cm³/mol. The summed E-state index contributed by atoms with van der Waals surface area (Å²) in [6, 6.07) is 8.71. The first-order valence-corrected chi connectivity index (χ1v) is 14.7. The van der Waals surface area contributed by atoms with Crippen molar-refractivity contribution < 1.29 is 19.5 Å². The van der Waals surface area contributed by atoms with Crippen LogP contribution in [-0.4, -0.2) is 22.5 Å². The molecule has 0 saturated heterocycles. The average molecular weight is 557 g/mol. The molecule has 1 N–H and O–H groups in total. The van der Waals surface area contributed by atoms with Crippen molar-refractivity contribution in [3.05, 3.63) is 88.6 Å². The Labute approximate surface area is 247 Å². The summed E-state index contributed by atoms with van der Waals surface area (Å²) in [5, 5.41) is 11.6. The van der Waals surface area contributed by atoms with Gasteiger partial charge in [-0.2, -0.15) is 0 Å². The molecule has 1 aromatic carbocycles. The van der Waals surface area contributed by atoms with Crippen molar-refractivity contribution in [1.29, 1.82) is 0 Å². The third kappa shape index (κ3) is 5.63. The second-order valence-electron chi connectivity index (χ2n) is 13.6. The fourth-order valence-corrected chi connectivity index (χ4v) is 6.90. The lowest BCUT2D eigenvalue weighted by molar-refractivity contribution is -0.177. The van der Waals surface area contributed by atoms with Crippen molar-refractivity contribution in [2.75, 3.05) is 0 Å². The molecule has 4 unspecified atom stereocenters. The van der Waals surface area contributed by atoms with Gasteiger partial charge in [-0.1, -0.05) is 91.3 Å². The van der Waals surface area contributed by atoms with E-state index in [-0.39, 0.29) is 41.8 Å². The van der Waals surface area contributed by atoms with Crippen molar-refractivity contribution in [2.24, 2.45) is 28.1 Å². The van der Waals surface area contributed by atoms with Crippen LogP contribution in [0.25, 0.3) is 5.76 Å². The zero-order valence-corrected chi connectivity index (χ0v) is 26.5. The molecule has 41 heavy (non-hydrogen) atoms. The minimum atomic E-state index is -1.50. The number of rotatable bonds is 9. The van der Waals surface area contributed by atoms with Crippen molar-refractivity contribution in [1.82, 2.24) is 0 Å². The number of hydrogen-bond donors (Lipinski definition) is 1. The van der Waals surface area contributed by atoms with E-state index in [0.717, 1.165) is 22.3 Å². The van der Waals surface area contributed by atoms with Crippen LogP contribution in [0.4, 0.5) is 0 Å². The van der Waals surface area contributed by atoms with Crippen LogP contribution in [0.2, 0.25) is 0 Å². The molecule has 0 heterocycles. The maximum atomic E-state index is 15.1. The first-order valence-electron chi connectivity index (χ1n) is 14.7. The highest BCUT2D eigenvalue weighted by Gasteiger charge is 2.74. The normalized spacial score (nSPS) is 27.0. The number of benzene rings is 1. The Hall–Kier alpha value is -3.27. The Morgan fingerprint density at radius 1 is 0.927 bits per heavy atom. The fraction of sp³-hybridized carbons (Fsp3) is 0.486. The predicted octanol–water partition coefficient (Wildman–Crippen LogP) is 8.96. The molecule has 0 radical (unpaired) electrons. The molecule has 2 bridgehead atoms. The number of aliphatic hydroxyl groups excluding tert-OH is 1. The summed E-state index contributed by atoms with van der Waals surface area (Å²) in [6.45, 7) is 22.1. The first-order chi connectivity index (χ1) is 19.0. The van der Waals surface area contributed by atoms with E-state index in [9.17, 15) is 14.7 Å². The lowest BCUT2D eigenvalue weighted by atomic mass is 9.38. The van der Waals surface area contributed by atoms with E-state index in [4.69, 9.17) is 0 Å². The molecule has 3 rings (SSSR count). The topological polar surface area (TPSA) is 71.4 Å². The van der Waals surface area contributed by atoms with Gasteiger partial charge in [0, 0.05) is 5.56 Å². The van der Waals surface area contributed by atoms with Gasteiger partial charge in [0.1, 0.15) is 16.7 Å². The van der Waals surface area contributed by atoms with Gasteiger partial charge in [-0.15, -0.1) is 0 Å². The van der Waals surface area contributed by atoms with Gasteiger partial charge < -0.3 is 5.11 Å². The van der Waals surface area contributed by atoms with E-state index in [1.165, 1.54) is 0 Å². The standard InChI is InChI=1S/C37H48O4/c1-23(2)16-17-29-22-36(21-28(26(7)8)20-25(5)6)32(39)30(31(38)27-14-12-11-13-15-27)33(40)37(34(36)41,35(29,9)10)19-18-24(3)4/h11-16,18,20,28-29,38H,7,17,19,21-22H2,1-6,8-10H3/b31-30-. The Kier molecular flexibility index (Phi) is 9.37. The molecule has 4 heteroatoms. The van der Waals surface area contributed by atoms with E-state index in [2.05, 4.69) is 18.7 Å². The number of fused-ring (bicyclic) bond motifs is 2. The van der Waals surface area contributed by atoms with Crippen LogP contribution in [-0.2, 0) is 14.4 Å². The zero-order chi connectivity index (χ0) is 30.9. The van der Waals surface area contributed by atoms with Gasteiger partial charge in [0.15, 0.2) is 17.3 Å². The van der Waals surface area contributed by atoms with Crippen LogP contribution in [0.15, 0.2) is 83.0 Å². The first kappa shape index (κ1) is 32.2. The molecular formula is C37H48O4. The van der Waals surface area contributed by atoms with Gasteiger partial charge in [-0.25, -0.2) is 0 Å². The average Bonchev–Trinajstić information content (AvgIpc) is 2.88. The van der Waals surface area contributed by atoms with E-state index in [0.29, 0.717) is 18.4 Å². The van der Waals surface area contributed by atoms with Gasteiger partial charge in [0.2, 0.25) is 0 Å². The molecule has 2 saturated carbocycles. The van der Waals surface area contributed by atoms with E-state index < -0.39 is 27.8 Å². The van der Waals surface area contributed by atoms with Gasteiger partial charge in [0.05, 0.1) is 5.41 Å². The van der Waals surface area contributed by atoms with Crippen LogP contribution in [0.3, 0.4) is 0 Å². The van der Waals surface area contributed by atoms with Crippen LogP contribution < -0.4 is 0 Å². The van der Waals surface area contributed by atoms with Gasteiger partial charge in [0.25, 0.3) is 0 Å². The second kappa shape index (κ2) is 11.9. The van der Waals surface area contributed by atoms with Gasteiger partial charge in [-0.05, 0) is 91.4 Å². The quantitative estimate of drug-likeness (QED) is 0.108. The molecule has 1 aromatic rings. The highest BCUT2D eigenvalue weighted by atomic mass is 16.3. The monoisotopic (exact) mass is 556 g/mol. The molecule has 4 nitrogen and oxygen atoms in total. The van der Waals surface area contributed by atoms with Crippen LogP contribution in [0.5, 0.6) is 0 Å². The molecule has 220 valence electrons. The number of aliphatic hydroxyl groups is 1. The highest BCUT2D eigenvalue weighted by molar-refractivity contribution is 6.41. The summed E-state index contributed by atoms with van der Waals surface area (Å²) in [5.74, 6) is -2.07. The lowest BCUT2D eigenvalue weighted by Gasteiger charge is -2.60. The zero-order valence-electron chi connectivity index (χ0n) is 26.5. The summed E-state index contributed by atoms with van der Waals surface area (Å²) in [7, 11) is 0. The number of carbonyl (C=O) groups excluding carboxylic acids is 3. The minimum absolute atomic E-state index is 0.105. The van der Waals surface area contributed by atoms with E-state index >= 15 is 4.79 Å². The molecule has 0 amide bonds. The van der Waals surface area contributed by atoms with Crippen LogP contribution >= 0.6 is 0 Å². The molecule has 0 aromatic heterocycles. The number of Topliss-reactive ketones (excluding diaryl/α,β-unsaturated/α-hetero) is 3. The number of ketones is 3. The van der Waals surface area contributed by atoms with Crippen molar-refractivity contribution in [3.8, 4) is 0 Å². The molecule has 4 atom stereocenters. The summed E-state index contributed by atoms with van der Waals surface area (Å²) in [4.78, 5) is 44.7. The van der Waals surface area contributed by atoms with Crippen molar-refractivity contribution >= 4 is 23.1 Å². The molecule has 2 aliphatic rings. The van der Waals surface area contributed by atoms with Crippen LogP contribution in [0, 0.1) is 28.1 Å². The Bertz CT molecular complexity index is 1350. The smallest absolute Gasteiger partial charge is 0.184 e. The Morgan fingerprint density at radius 3 is 2.02 bits per heavy atom. The van der Waals surface area contributed by atoms with Crippen LogP contribution in [0.1, 0.15) is 93.6 Å². The number of carbonyl (C=O) groups is 3. The Balaban J connectivity index is 2.47. The summed E-state index contributed by atoms with van der Waals surface area (Å²) in [6.07, 6.45) is 7.55. The third-order valence-electron chi connectivity index (χ3n) is 9.46. The SMILES string of the molecule is C=C(C)C(C=C(C)C)CC12CC(CC=C(C)C)C(C)(C)C(CC=C(C)C)(C(=O)/C(=C(\O)c3ccccc3)C1=O)C2=O. The van der Waals surface area contributed by atoms with Gasteiger partial charge in [-0.3, -0.25) is 14.4 Å². The molecule has 2 fully saturated rings. The van der Waals surface area contributed by atoms with Crippen molar-refractivity contribution in [3.63, 3.8) is 0 Å². The minimum Gasteiger partial charge on any atom is -0.506 e. The summed E-state index contributed by atoms with van der Waals surface area (Å²) < 4.78 is 0. The molecular weight excluding hydrogens is 508 g/mol. The number of allylic oxidation sites excluding steroid dienone is 8. The van der Waals surface area contributed by atoms with Crippen molar-refractivity contribution in [2.45, 2.75) is 88.0 Å². The maximum absolute atomic E-state index is 15.1. The van der Waals surface area contributed by atoms with E-state index in [1.807, 2.05) is 74.5 Å². The van der Waals surface area contributed by atoms with E-state index in [1.54, 1.807) is 24.3 Å². The fourth-order valence-electron chi connectivity index (χ4n) is 6.90.